The second-order valence-corrected chi connectivity index (χ2v) is 9.98. The summed E-state index contributed by atoms with van der Waals surface area (Å²) in [7, 11) is 1.66. The molecule has 0 saturated carbocycles. The van der Waals surface area contributed by atoms with Gasteiger partial charge < -0.3 is 15.0 Å². The SMILES string of the molecule is COc1ccc2nc3cc(Cl)ccc3c(NCCCN3C(=O)CSC3c3ccc(C)cc3)c2c1. The summed E-state index contributed by atoms with van der Waals surface area (Å²) in [4.78, 5) is 19.4. The van der Waals surface area contributed by atoms with Gasteiger partial charge in [-0.05, 0) is 55.3 Å². The third-order valence-electron chi connectivity index (χ3n) is 6.15. The van der Waals surface area contributed by atoms with Crippen molar-refractivity contribution in [3.8, 4) is 5.75 Å². The van der Waals surface area contributed by atoms with E-state index >= 15 is 0 Å². The van der Waals surface area contributed by atoms with E-state index in [0.717, 1.165) is 46.2 Å². The zero-order valence-corrected chi connectivity index (χ0v) is 20.7. The molecule has 1 N–H and O–H groups in total. The van der Waals surface area contributed by atoms with E-state index in [1.807, 2.05) is 41.3 Å². The summed E-state index contributed by atoms with van der Waals surface area (Å²) in [5, 5.41) is 6.37. The first-order valence-corrected chi connectivity index (χ1v) is 12.7. The summed E-state index contributed by atoms with van der Waals surface area (Å²) < 4.78 is 5.45. The van der Waals surface area contributed by atoms with E-state index < -0.39 is 0 Å². The van der Waals surface area contributed by atoms with Crippen LogP contribution in [-0.2, 0) is 4.79 Å². The van der Waals surface area contributed by atoms with Crippen molar-refractivity contribution in [2.24, 2.45) is 0 Å². The molecule has 174 valence electrons. The third-order valence-corrected chi connectivity index (χ3v) is 7.64. The number of nitrogens with zero attached hydrogens (tertiary/aromatic N) is 2. The van der Waals surface area contributed by atoms with Gasteiger partial charge in [-0.25, -0.2) is 4.98 Å². The van der Waals surface area contributed by atoms with Gasteiger partial charge in [-0.1, -0.05) is 41.4 Å². The number of halogens is 1. The molecule has 34 heavy (non-hydrogen) atoms. The van der Waals surface area contributed by atoms with E-state index in [9.17, 15) is 4.79 Å². The molecule has 0 bridgehead atoms. The number of carbonyl (C=O) groups is 1. The Bertz CT molecular complexity index is 1360. The molecule has 1 unspecified atom stereocenters. The first-order valence-electron chi connectivity index (χ1n) is 11.3. The number of ether oxygens (including phenoxy) is 1. The number of aryl methyl sites for hydroxylation is 1. The zero-order valence-electron chi connectivity index (χ0n) is 19.2. The Kier molecular flexibility index (Phi) is 6.53. The number of anilines is 1. The number of thioether (sulfide) groups is 1. The number of amides is 1. The quantitative estimate of drug-likeness (QED) is 0.238. The Morgan fingerprint density at radius 3 is 2.71 bits per heavy atom. The van der Waals surface area contributed by atoms with Crippen LogP contribution in [0.15, 0.2) is 60.7 Å². The van der Waals surface area contributed by atoms with Gasteiger partial charge in [0.2, 0.25) is 5.91 Å². The minimum Gasteiger partial charge on any atom is -0.497 e. The first-order chi connectivity index (χ1) is 16.5. The van der Waals surface area contributed by atoms with Crippen LogP contribution in [0.5, 0.6) is 5.75 Å². The van der Waals surface area contributed by atoms with Crippen molar-refractivity contribution in [2.45, 2.75) is 18.7 Å². The van der Waals surface area contributed by atoms with Crippen LogP contribution in [0.1, 0.15) is 22.9 Å². The lowest BCUT2D eigenvalue weighted by atomic mass is 10.1. The molecule has 5 nitrogen and oxygen atoms in total. The molecule has 1 aliphatic heterocycles. The molecular formula is C27H26ClN3O2S. The van der Waals surface area contributed by atoms with Gasteiger partial charge in [0, 0.05) is 28.9 Å². The van der Waals surface area contributed by atoms with Crippen molar-refractivity contribution in [1.29, 1.82) is 0 Å². The minimum absolute atomic E-state index is 0.0853. The van der Waals surface area contributed by atoms with E-state index in [1.165, 1.54) is 11.1 Å². The topological polar surface area (TPSA) is 54.5 Å². The van der Waals surface area contributed by atoms with Crippen molar-refractivity contribution in [3.05, 3.63) is 76.8 Å². The van der Waals surface area contributed by atoms with Crippen molar-refractivity contribution < 1.29 is 9.53 Å². The average molecular weight is 492 g/mol. The summed E-state index contributed by atoms with van der Waals surface area (Å²) >= 11 is 7.94. The number of hydrogen-bond donors (Lipinski definition) is 1. The van der Waals surface area contributed by atoms with Crippen LogP contribution in [-0.4, -0.2) is 41.7 Å². The molecule has 4 aromatic rings. The summed E-state index contributed by atoms with van der Waals surface area (Å²) in [5.41, 5.74) is 5.14. The Balaban J connectivity index is 1.36. The molecule has 5 rings (SSSR count). The van der Waals surface area contributed by atoms with E-state index in [4.69, 9.17) is 21.3 Å². The lowest BCUT2D eigenvalue weighted by molar-refractivity contribution is -0.128. The Morgan fingerprint density at radius 1 is 1.09 bits per heavy atom. The van der Waals surface area contributed by atoms with Crippen LogP contribution in [0.25, 0.3) is 21.8 Å². The highest BCUT2D eigenvalue weighted by Crippen LogP contribution is 2.39. The van der Waals surface area contributed by atoms with E-state index in [1.54, 1.807) is 18.9 Å². The second kappa shape index (κ2) is 9.72. The summed E-state index contributed by atoms with van der Waals surface area (Å²) in [6.07, 6.45) is 0.831. The van der Waals surface area contributed by atoms with E-state index in [-0.39, 0.29) is 11.3 Å². The molecule has 1 saturated heterocycles. The number of aromatic nitrogens is 1. The number of fused-ring (bicyclic) bond motifs is 2. The lowest BCUT2D eigenvalue weighted by Crippen LogP contribution is -2.30. The second-order valence-electron chi connectivity index (χ2n) is 8.47. The van der Waals surface area contributed by atoms with Crippen LogP contribution < -0.4 is 10.1 Å². The monoisotopic (exact) mass is 491 g/mol. The predicted octanol–water partition coefficient (Wildman–Crippen LogP) is 6.43. The lowest BCUT2D eigenvalue weighted by Gasteiger charge is -2.24. The van der Waals surface area contributed by atoms with Crippen LogP contribution >= 0.6 is 23.4 Å². The zero-order chi connectivity index (χ0) is 23.7. The number of rotatable bonds is 7. The molecule has 7 heteroatoms. The molecule has 1 amide bonds. The number of nitrogens with one attached hydrogen (secondary N) is 1. The molecule has 1 aromatic heterocycles. The highest BCUT2D eigenvalue weighted by Gasteiger charge is 2.32. The molecule has 3 aromatic carbocycles. The number of carbonyl (C=O) groups excluding carboxylic acids is 1. The number of pyridine rings is 1. The maximum absolute atomic E-state index is 12.6. The maximum Gasteiger partial charge on any atom is 0.233 e. The van der Waals surface area contributed by atoms with Crippen molar-refractivity contribution in [1.82, 2.24) is 9.88 Å². The van der Waals surface area contributed by atoms with E-state index in [0.29, 0.717) is 17.3 Å². The summed E-state index contributed by atoms with van der Waals surface area (Å²) in [6, 6.07) is 20.1. The Morgan fingerprint density at radius 2 is 1.91 bits per heavy atom. The fourth-order valence-electron chi connectivity index (χ4n) is 4.38. The summed E-state index contributed by atoms with van der Waals surface area (Å²) in [6.45, 7) is 3.51. The molecule has 1 atom stereocenters. The van der Waals surface area contributed by atoms with Crippen LogP contribution in [0.3, 0.4) is 0 Å². The first kappa shape index (κ1) is 22.8. The minimum atomic E-state index is 0.0853. The number of benzene rings is 3. The molecule has 1 aliphatic rings. The average Bonchev–Trinajstić information content (AvgIpc) is 3.21. The van der Waals surface area contributed by atoms with Crippen molar-refractivity contribution in [2.75, 3.05) is 31.3 Å². The number of methoxy groups -OCH3 is 1. The van der Waals surface area contributed by atoms with Crippen molar-refractivity contribution >= 4 is 56.8 Å². The molecule has 0 aliphatic carbocycles. The van der Waals surface area contributed by atoms with Crippen molar-refractivity contribution in [3.63, 3.8) is 0 Å². The predicted molar refractivity (Wildman–Crippen MR) is 142 cm³/mol. The fraction of sp³-hybridized carbons (Fsp3) is 0.259. The third kappa shape index (κ3) is 4.52. The molecule has 0 radical (unpaired) electrons. The molecule has 2 heterocycles. The van der Waals surface area contributed by atoms with Crippen LogP contribution in [0.2, 0.25) is 5.02 Å². The standard InChI is InChI=1S/C27H26ClN3O2S/c1-17-4-6-18(7-5-17)27-31(25(32)16-34-27)13-3-12-29-26-21-10-8-19(28)14-24(21)30-23-11-9-20(33-2)15-22(23)26/h4-11,14-15,27H,3,12-13,16H2,1-2H3,(H,29,30). The fourth-order valence-corrected chi connectivity index (χ4v) is 5.76. The van der Waals surface area contributed by atoms with Gasteiger partial charge in [-0.2, -0.15) is 0 Å². The Labute approximate surface area is 208 Å². The normalized spacial score (nSPS) is 15.9. The van der Waals surface area contributed by atoms with E-state index in [2.05, 4.69) is 36.5 Å². The largest absolute Gasteiger partial charge is 0.497 e. The Hall–Kier alpha value is -2.96. The molecular weight excluding hydrogens is 466 g/mol. The van der Waals surface area contributed by atoms with Gasteiger partial charge in [-0.15, -0.1) is 11.8 Å². The molecule has 1 fully saturated rings. The number of hydrogen-bond acceptors (Lipinski definition) is 5. The highest BCUT2D eigenvalue weighted by atomic mass is 35.5. The van der Waals surface area contributed by atoms with Gasteiger partial charge in [0.25, 0.3) is 0 Å². The van der Waals surface area contributed by atoms with Crippen LogP contribution in [0, 0.1) is 6.92 Å². The molecule has 0 spiro atoms. The van der Waals surface area contributed by atoms with Gasteiger partial charge in [0.15, 0.2) is 0 Å². The highest BCUT2D eigenvalue weighted by molar-refractivity contribution is 8.00. The van der Waals surface area contributed by atoms with Gasteiger partial charge in [-0.3, -0.25) is 4.79 Å². The smallest absolute Gasteiger partial charge is 0.233 e. The van der Waals surface area contributed by atoms with Gasteiger partial charge in [0.05, 0.1) is 29.6 Å². The van der Waals surface area contributed by atoms with Crippen LogP contribution in [0.4, 0.5) is 5.69 Å². The van der Waals surface area contributed by atoms with Gasteiger partial charge in [0.1, 0.15) is 11.1 Å². The van der Waals surface area contributed by atoms with Gasteiger partial charge >= 0.3 is 0 Å². The summed E-state index contributed by atoms with van der Waals surface area (Å²) in [5.74, 6) is 1.52. The maximum atomic E-state index is 12.6.